The predicted molar refractivity (Wildman–Crippen MR) is 100 cm³/mol. The molecule has 0 aromatic carbocycles. The van der Waals surface area contributed by atoms with Gasteiger partial charge in [-0.05, 0) is 26.5 Å². The summed E-state index contributed by atoms with van der Waals surface area (Å²) < 4.78 is 17.0. The van der Waals surface area contributed by atoms with Crippen molar-refractivity contribution in [3.8, 4) is 0 Å². The van der Waals surface area contributed by atoms with E-state index in [1.165, 1.54) is 14.0 Å². The Kier molecular flexibility index (Phi) is 7.39. The van der Waals surface area contributed by atoms with Crippen LogP contribution in [-0.4, -0.2) is 84.8 Å². The van der Waals surface area contributed by atoms with E-state index in [0.29, 0.717) is 12.2 Å². The molecule has 0 aromatic rings. The molecule has 2 rings (SSSR count). The Morgan fingerprint density at radius 1 is 1.46 bits per heavy atom. The molecule has 1 amide bonds. The lowest BCUT2D eigenvalue weighted by Crippen LogP contribution is -2.81. The Morgan fingerprint density at radius 2 is 2.11 bits per heavy atom. The minimum atomic E-state index is -2.00. The average molecular weight is 403 g/mol. The van der Waals surface area contributed by atoms with Crippen LogP contribution in [0.15, 0.2) is 11.8 Å². The van der Waals surface area contributed by atoms with Crippen molar-refractivity contribution in [1.82, 2.24) is 10.6 Å². The van der Waals surface area contributed by atoms with Crippen LogP contribution in [0.2, 0.25) is 0 Å². The predicted octanol–water partition coefficient (Wildman–Crippen LogP) is -3.19. The number of carbonyl (C=O) groups is 1. The number of aliphatic hydroxyl groups is 2. The van der Waals surface area contributed by atoms with E-state index >= 15 is 0 Å². The third-order valence-corrected chi connectivity index (χ3v) is 5.20. The van der Waals surface area contributed by atoms with Gasteiger partial charge in [-0.3, -0.25) is 4.79 Å². The highest BCUT2D eigenvalue weighted by atomic mass is 16.7. The average Bonchev–Trinajstić information content (AvgIpc) is 2.62. The highest BCUT2D eigenvalue weighted by Crippen LogP contribution is 2.33. The van der Waals surface area contributed by atoms with Crippen molar-refractivity contribution >= 4 is 5.91 Å². The smallest absolute Gasteiger partial charge is 0.219 e. The Hall–Kier alpha value is -1.31. The number of ether oxygens (including phenoxy) is 3. The number of aliphatic hydroxyl groups excluding tert-OH is 1. The summed E-state index contributed by atoms with van der Waals surface area (Å²) in [5.74, 6) is -0.0144. The van der Waals surface area contributed by atoms with Gasteiger partial charge >= 0.3 is 0 Å². The fraction of sp³-hybridized carbons (Fsp3) is 0.824. The summed E-state index contributed by atoms with van der Waals surface area (Å²) in [6, 6.07) is -2.96. The van der Waals surface area contributed by atoms with Gasteiger partial charge in [0.25, 0.3) is 0 Å². The molecule has 0 bridgehead atoms. The van der Waals surface area contributed by atoms with E-state index in [4.69, 9.17) is 31.4 Å². The topological polar surface area (TPSA) is 187 Å². The fourth-order valence-electron chi connectivity index (χ4n) is 3.80. The number of nitrogens with one attached hydrogen (secondary N) is 2. The van der Waals surface area contributed by atoms with E-state index in [9.17, 15) is 15.0 Å². The summed E-state index contributed by atoms with van der Waals surface area (Å²) >= 11 is 0. The van der Waals surface area contributed by atoms with Crippen LogP contribution in [0.5, 0.6) is 0 Å². The van der Waals surface area contributed by atoms with Gasteiger partial charge in [-0.25, -0.2) is 0 Å². The molecule has 10 N–H and O–H groups in total. The van der Waals surface area contributed by atoms with E-state index in [0.717, 1.165) is 0 Å². The number of likely N-dealkylation sites (N-methyl/N-ethyl adjacent to an activating group) is 1. The second kappa shape index (κ2) is 9.01. The molecule has 11 heteroatoms. The van der Waals surface area contributed by atoms with Gasteiger partial charge in [-0.1, -0.05) is 0 Å². The molecular weight excluding hydrogens is 370 g/mol. The highest BCUT2D eigenvalue weighted by Gasteiger charge is 2.60. The van der Waals surface area contributed by atoms with E-state index in [1.807, 2.05) is 0 Å². The Morgan fingerprint density at radius 3 is 2.61 bits per heavy atom. The molecule has 0 spiro atoms. The first kappa shape index (κ1) is 23.0. The molecule has 9 atom stereocenters. The standard InChI is InChI=1S/C17H33N5O6/c1-7(18)10-6-5-9(19)16(27-10)28-15-11(20)12(24)13(26-4)14(21-3)17(15,25)22-8(2)23/h6-7,9,11-16,21,24-25H,5,18-20H2,1-4H3,(H,22,23). The van der Waals surface area contributed by atoms with Crippen LogP contribution in [0, 0.1) is 0 Å². The molecular formula is C17H33N5O6. The molecule has 2 aliphatic rings. The highest BCUT2D eigenvalue weighted by molar-refractivity contribution is 5.74. The fourth-order valence-corrected chi connectivity index (χ4v) is 3.80. The second-order valence-corrected chi connectivity index (χ2v) is 7.38. The SMILES string of the molecule is CNC1C(OC)C(O)C(N)C(OC2OC(C(C)N)=CCC2N)C1(O)NC(C)=O. The molecule has 1 heterocycles. The van der Waals surface area contributed by atoms with Crippen LogP contribution >= 0.6 is 0 Å². The molecule has 9 unspecified atom stereocenters. The summed E-state index contributed by atoms with van der Waals surface area (Å²) in [6.45, 7) is 3.00. The zero-order chi connectivity index (χ0) is 21.2. The number of nitrogens with two attached hydrogens (primary N) is 3. The van der Waals surface area contributed by atoms with E-state index in [1.54, 1.807) is 20.0 Å². The van der Waals surface area contributed by atoms with E-state index in [-0.39, 0.29) is 6.04 Å². The number of rotatable bonds is 6. The quantitative estimate of drug-likeness (QED) is 0.223. The van der Waals surface area contributed by atoms with Crippen LogP contribution in [-0.2, 0) is 19.0 Å². The Balaban J connectivity index is 2.37. The van der Waals surface area contributed by atoms with Crippen molar-refractivity contribution in [3.63, 3.8) is 0 Å². The van der Waals surface area contributed by atoms with Crippen LogP contribution < -0.4 is 27.8 Å². The lowest BCUT2D eigenvalue weighted by Gasteiger charge is -2.53. The zero-order valence-electron chi connectivity index (χ0n) is 16.7. The van der Waals surface area contributed by atoms with Gasteiger partial charge in [0.05, 0.1) is 30.3 Å². The lowest BCUT2D eigenvalue weighted by atomic mass is 9.76. The molecule has 11 nitrogen and oxygen atoms in total. The molecule has 1 aliphatic heterocycles. The molecule has 162 valence electrons. The van der Waals surface area contributed by atoms with Gasteiger partial charge in [0.1, 0.15) is 18.0 Å². The minimum absolute atomic E-state index is 0.374. The van der Waals surface area contributed by atoms with Crippen LogP contribution in [0.3, 0.4) is 0 Å². The van der Waals surface area contributed by atoms with Gasteiger partial charge in [-0.15, -0.1) is 0 Å². The van der Waals surface area contributed by atoms with Crippen LogP contribution in [0.25, 0.3) is 0 Å². The van der Waals surface area contributed by atoms with Gasteiger partial charge in [0.15, 0.2) is 5.72 Å². The molecule has 0 aromatic heterocycles. The summed E-state index contributed by atoms with van der Waals surface area (Å²) in [7, 11) is 2.93. The lowest BCUT2D eigenvalue weighted by molar-refractivity contribution is -0.270. The Bertz CT molecular complexity index is 590. The first-order chi connectivity index (χ1) is 13.1. The maximum Gasteiger partial charge on any atom is 0.219 e. The zero-order valence-corrected chi connectivity index (χ0v) is 16.7. The van der Waals surface area contributed by atoms with Gasteiger partial charge < -0.3 is 52.3 Å². The maximum absolute atomic E-state index is 11.8. The van der Waals surface area contributed by atoms with Crippen molar-refractivity contribution in [2.45, 2.75) is 74.8 Å². The van der Waals surface area contributed by atoms with Gasteiger partial charge in [0.2, 0.25) is 12.2 Å². The third kappa shape index (κ3) is 4.31. The monoisotopic (exact) mass is 403 g/mol. The third-order valence-electron chi connectivity index (χ3n) is 5.20. The number of hydrogen-bond acceptors (Lipinski definition) is 10. The molecule has 1 aliphatic carbocycles. The van der Waals surface area contributed by atoms with Gasteiger partial charge in [0, 0.05) is 14.0 Å². The van der Waals surface area contributed by atoms with Gasteiger partial charge in [-0.2, -0.15) is 0 Å². The summed E-state index contributed by atoms with van der Waals surface area (Å²) in [4.78, 5) is 11.8. The molecule has 1 fully saturated rings. The minimum Gasteiger partial charge on any atom is -0.466 e. The van der Waals surface area contributed by atoms with Crippen molar-refractivity contribution in [1.29, 1.82) is 0 Å². The van der Waals surface area contributed by atoms with Crippen LogP contribution in [0.1, 0.15) is 20.3 Å². The largest absolute Gasteiger partial charge is 0.466 e. The summed E-state index contributed by atoms with van der Waals surface area (Å²) in [5.41, 5.74) is 16.2. The normalized spacial score (nSPS) is 42.3. The van der Waals surface area contributed by atoms with Crippen molar-refractivity contribution in [2.75, 3.05) is 14.2 Å². The second-order valence-electron chi connectivity index (χ2n) is 7.38. The number of hydrogen-bond donors (Lipinski definition) is 7. The maximum atomic E-state index is 11.8. The van der Waals surface area contributed by atoms with E-state index < -0.39 is 54.4 Å². The molecule has 1 saturated carbocycles. The molecule has 0 saturated heterocycles. The first-order valence-electron chi connectivity index (χ1n) is 9.25. The van der Waals surface area contributed by atoms with Crippen molar-refractivity contribution < 1.29 is 29.2 Å². The summed E-state index contributed by atoms with van der Waals surface area (Å²) in [5, 5.41) is 27.4. The van der Waals surface area contributed by atoms with Crippen LogP contribution in [0.4, 0.5) is 0 Å². The molecule has 28 heavy (non-hydrogen) atoms. The van der Waals surface area contributed by atoms with Crippen molar-refractivity contribution in [3.05, 3.63) is 11.8 Å². The van der Waals surface area contributed by atoms with E-state index in [2.05, 4.69) is 10.6 Å². The molecule has 0 radical (unpaired) electrons. The van der Waals surface area contributed by atoms with Crippen molar-refractivity contribution in [2.24, 2.45) is 17.2 Å². The summed E-state index contributed by atoms with van der Waals surface area (Å²) in [6.07, 6.45) is -2.10. The number of carbonyl (C=O) groups excluding carboxylic acids is 1. The number of methoxy groups -OCH3 is 1. The first-order valence-corrected chi connectivity index (χ1v) is 9.25. The number of amides is 1. The Labute approximate surface area is 164 Å².